The molecule has 106 valence electrons. The molecule has 20 heavy (non-hydrogen) atoms. The number of benzene rings is 1. The highest BCUT2D eigenvalue weighted by atomic mass is 79.9. The quantitative estimate of drug-likeness (QED) is 0.795. The van der Waals surface area contributed by atoms with Gasteiger partial charge in [-0.05, 0) is 51.7 Å². The van der Waals surface area contributed by atoms with E-state index in [-0.39, 0.29) is 5.41 Å². The summed E-state index contributed by atoms with van der Waals surface area (Å²) >= 11 is 3.44. The molecule has 0 unspecified atom stereocenters. The second-order valence-corrected chi connectivity index (χ2v) is 6.36. The zero-order valence-electron chi connectivity index (χ0n) is 12.1. The largest absolute Gasteiger partial charge is 0.497 e. The molecule has 0 N–H and O–H groups in total. The molecular weight excluding hydrogens is 318 g/mol. The maximum absolute atomic E-state index is 5.95. The summed E-state index contributed by atoms with van der Waals surface area (Å²) in [5.41, 5.74) is 1.03. The van der Waals surface area contributed by atoms with E-state index in [0.717, 1.165) is 21.5 Å². The monoisotopic (exact) mass is 335 g/mol. The Morgan fingerprint density at radius 1 is 1.15 bits per heavy atom. The molecule has 1 aromatic carbocycles. The maximum Gasteiger partial charge on any atom is 0.233 e. The molecule has 1 heterocycles. The number of pyridine rings is 1. The molecule has 0 fully saturated rings. The summed E-state index contributed by atoms with van der Waals surface area (Å²) < 4.78 is 12.1. The third kappa shape index (κ3) is 3.31. The van der Waals surface area contributed by atoms with E-state index in [4.69, 9.17) is 9.47 Å². The molecule has 2 aromatic rings. The van der Waals surface area contributed by atoms with Crippen molar-refractivity contribution in [3.05, 3.63) is 46.6 Å². The Morgan fingerprint density at radius 2 is 1.90 bits per heavy atom. The van der Waals surface area contributed by atoms with Gasteiger partial charge in [0.2, 0.25) is 5.88 Å². The van der Waals surface area contributed by atoms with Crippen LogP contribution in [-0.2, 0) is 5.41 Å². The molecule has 0 atom stereocenters. The zero-order valence-corrected chi connectivity index (χ0v) is 13.7. The number of hydrogen-bond acceptors (Lipinski definition) is 3. The van der Waals surface area contributed by atoms with Gasteiger partial charge >= 0.3 is 0 Å². The molecule has 0 amide bonds. The van der Waals surface area contributed by atoms with Crippen LogP contribution in [0.25, 0.3) is 0 Å². The Kier molecular flexibility index (Phi) is 4.33. The third-order valence-electron chi connectivity index (χ3n) is 2.93. The average Bonchev–Trinajstić information content (AvgIpc) is 2.40. The molecule has 0 radical (unpaired) electrons. The van der Waals surface area contributed by atoms with Crippen molar-refractivity contribution in [3.8, 4) is 17.4 Å². The summed E-state index contributed by atoms with van der Waals surface area (Å²) in [6.07, 6.45) is 1.71. The molecule has 0 aliphatic heterocycles. The predicted octanol–water partition coefficient (Wildman–Crippen LogP) is 4.94. The van der Waals surface area contributed by atoms with Crippen LogP contribution >= 0.6 is 15.9 Å². The standard InChI is InChI=1S/C16H18BrNO2/c1-16(2,3)12-10-11(19-4)7-8-14(12)20-15-13(17)6-5-9-18-15/h5-10H,1-4H3. The fourth-order valence-electron chi connectivity index (χ4n) is 1.86. The van der Waals surface area contributed by atoms with Gasteiger partial charge in [-0.1, -0.05) is 20.8 Å². The summed E-state index contributed by atoms with van der Waals surface area (Å²) in [5, 5.41) is 0. The number of ether oxygens (including phenoxy) is 2. The van der Waals surface area contributed by atoms with Gasteiger partial charge in [-0.2, -0.15) is 0 Å². The fourth-order valence-corrected chi connectivity index (χ4v) is 2.20. The van der Waals surface area contributed by atoms with Crippen molar-refractivity contribution in [2.75, 3.05) is 7.11 Å². The first-order chi connectivity index (χ1) is 9.41. The smallest absolute Gasteiger partial charge is 0.233 e. The number of rotatable bonds is 3. The van der Waals surface area contributed by atoms with E-state index in [1.807, 2.05) is 30.3 Å². The molecule has 0 bridgehead atoms. The van der Waals surface area contributed by atoms with Gasteiger partial charge < -0.3 is 9.47 Å². The minimum absolute atomic E-state index is 0.0505. The second-order valence-electron chi connectivity index (χ2n) is 5.50. The molecule has 0 aliphatic carbocycles. The summed E-state index contributed by atoms with van der Waals surface area (Å²) in [6, 6.07) is 9.58. The van der Waals surface area contributed by atoms with Crippen LogP contribution in [0.2, 0.25) is 0 Å². The second kappa shape index (κ2) is 5.83. The third-order valence-corrected chi connectivity index (χ3v) is 3.53. The maximum atomic E-state index is 5.95. The first-order valence-electron chi connectivity index (χ1n) is 6.38. The van der Waals surface area contributed by atoms with Crippen molar-refractivity contribution < 1.29 is 9.47 Å². The first kappa shape index (κ1) is 14.9. The number of hydrogen-bond donors (Lipinski definition) is 0. The summed E-state index contributed by atoms with van der Waals surface area (Å²) in [6.45, 7) is 6.42. The number of methoxy groups -OCH3 is 1. The molecule has 2 rings (SSSR count). The minimum atomic E-state index is -0.0505. The van der Waals surface area contributed by atoms with Crippen LogP contribution in [0.1, 0.15) is 26.3 Å². The van der Waals surface area contributed by atoms with E-state index in [1.54, 1.807) is 13.3 Å². The average molecular weight is 336 g/mol. The van der Waals surface area contributed by atoms with Crippen LogP contribution in [0.5, 0.6) is 17.4 Å². The highest BCUT2D eigenvalue weighted by Gasteiger charge is 2.21. The topological polar surface area (TPSA) is 31.4 Å². The van der Waals surface area contributed by atoms with E-state index < -0.39 is 0 Å². The molecule has 0 saturated heterocycles. The minimum Gasteiger partial charge on any atom is -0.497 e. The van der Waals surface area contributed by atoms with Crippen LogP contribution in [0, 0.1) is 0 Å². The van der Waals surface area contributed by atoms with Gasteiger partial charge in [0.25, 0.3) is 0 Å². The first-order valence-corrected chi connectivity index (χ1v) is 7.18. The van der Waals surface area contributed by atoms with Gasteiger partial charge in [0.05, 0.1) is 11.6 Å². The lowest BCUT2D eigenvalue weighted by molar-refractivity contribution is 0.405. The lowest BCUT2D eigenvalue weighted by Gasteiger charge is -2.23. The Labute approximate surface area is 128 Å². The van der Waals surface area contributed by atoms with Crippen molar-refractivity contribution in [1.29, 1.82) is 0 Å². The van der Waals surface area contributed by atoms with Gasteiger partial charge in [0.1, 0.15) is 11.5 Å². The molecular formula is C16H18BrNO2. The zero-order chi connectivity index (χ0) is 14.8. The Morgan fingerprint density at radius 3 is 2.50 bits per heavy atom. The van der Waals surface area contributed by atoms with Crippen molar-refractivity contribution >= 4 is 15.9 Å². The van der Waals surface area contributed by atoms with E-state index >= 15 is 0 Å². The number of halogens is 1. The Bertz CT molecular complexity index is 606. The molecule has 4 heteroatoms. The normalized spacial score (nSPS) is 11.2. The molecule has 0 saturated carbocycles. The SMILES string of the molecule is COc1ccc(Oc2ncccc2Br)c(C(C)(C)C)c1. The van der Waals surface area contributed by atoms with Crippen molar-refractivity contribution in [3.63, 3.8) is 0 Å². The summed E-state index contributed by atoms with van der Waals surface area (Å²) in [4.78, 5) is 4.24. The van der Waals surface area contributed by atoms with Crippen LogP contribution < -0.4 is 9.47 Å². The predicted molar refractivity (Wildman–Crippen MR) is 83.7 cm³/mol. The number of nitrogens with zero attached hydrogens (tertiary/aromatic N) is 1. The van der Waals surface area contributed by atoms with E-state index in [9.17, 15) is 0 Å². The lowest BCUT2D eigenvalue weighted by Crippen LogP contribution is -2.13. The van der Waals surface area contributed by atoms with E-state index in [2.05, 4.69) is 41.7 Å². The summed E-state index contributed by atoms with van der Waals surface area (Å²) in [7, 11) is 1.66. The van der Waals surface area contributed by atoms with Crippen LogP contribution in [-0.4, -0.2) is 12.1 Å². The van der Waals surface area contributed by atoms with E-state index in [0.29, 0.717) is 5.88 Å². The van der Waals surface area contributed by atoms with Gasteiger partial charge in [-0.25, -0.2) is 4.98 Å². The lowest BCUT2D eigenvalue weighted by atomic mass is 9.86. The van der Waals surface area contributed by atoms with Crippen molar-refractivity contribution in [2.45, 2.75) is 26.2 Å². The van der Waals surface area contributed by atoms with Crippen LogP contribution in [0.15, 0.2) is 41.0 Å². The van der Waals surface area contributed by atoms with Gasteiger partial charge in [-0.15, -0.1) is 0 Å². The fraction of sp³-hybridized carbons (Fsp3) is 0.312. The molecule has 0 aliphatic rings. The number of aromatic nitrogens is 1. The molecule has 3 nitrogen and oxygen atoms in total. The van der Waals surface area contributed by atoms with Gasteiger partial charge in [-0.3, -0.25) is 0 Å². The van der Waals surface area contributed by atoms with Gasteiger partial charge in [0.15, 0.2) is 0 Å². The van der Waals surface area contributed by atoms with Crippen molar-refractivity contribution in [1.82, 2.24) is 4.98 Å². The van der Waals surface area contributed by atoms with Crippen LogP contribution in [0.3, 0.4) is 0 Å². The molecule has 1 aromatic heterocycles. The van der Waals surface area contributed by atoms with E-state index in [1.165, 1.54) is 0 Å². The Hall–Kier alpha value is -1.55. The Balaban J connectivity index is 2.44. The summed E-state index contributed by atoms with van der Waals surface area (Å²) in [5.74, 6) is 2.17. The molecule has 0 spiro atoms. The highest BCUT2D eigenvalue weighted by Crippen LogP contribution is 2.37. The van der Waals surface area contributed by atoms with Crippen LogP contribution in [0.4, 0.5) is 0 Å². The van der Waals surface area contributed by atoms with Gasteiger partial charge in [0, 0.05) is 11.8 Å². The van der Waals surface area contributed by atoms with Crippen molar-refractivity contribution in [2.24, 2.45) is 0 Å². The highest BCUT2D eigenvalue weighted by molar-refractivity contribution is 9.10.